The van der Waals surface area contributed by atoms with Crippen molar-refractivity contribution < 1.29 is 15.0 Å². The average Bonchev–Trinajstić information content (AvgIpc) is 2.60. The number of aliphatic hydroxyl groups is 2. The van der Waals surface area contributed by atoms with Crippen LogP contribution >= 0.6 is 0 Å². The molecule has 0 aromatic heterocycles. The van der Waals surface area contributed by atoms with Gasteiger partial charge in [0.2, 0.25) is 5.91 Å². The first kappa shape index (κ1) is 13.4. The van der Waals surface area contributed by atoms with E-state index >= 15 is 0 Å². The summed E-state index contributed by atoms with van der Waals surface area (Å²) in [5, 5.41) is 21.5. The molecule has 16 heavy (non-hydrogen) atoms. The summed E-state index contributed by atoms with van der Waals surface area (Å²) >= 11 is 0. The Labute approximate surface area is 96.4 Å². The maximum Gasteiger partial charge on any atom is 0.234 e. The monoisotopic (exact) mass is 230 g/mol. The molecule has 1 amide bonds. The van der Waals surface area contributed by atoms with Crippen LogP contribution in [0, 0.1) is 0 Å². The summed E-state index contributed by atoms with van der Waals surface area (Å²) in [6.45, 7) is 4.63. The number of nitrogens with zero attached hydrogens (tertiary/aromatic N) is 1. The van der Waals surface area contributed by atoms with E-state index in [9.17, 15) is 15.0 Å². The van der Waals surface area contributed by atoms with Crippen LogP contribution in [0.1, 0.15) is 26.7 Å². The third-order valence-electron chi connectivity index (χ3n) is 3.11. The molecule has 0 bridgehead atoms. The maximum absolute atomic E-state index is 11.6. The second-order valence-corrected chi connectivity index (χ2v) is 4.79. The minimum absolute atomic E-state index is 0.0526. The van der Waals surface area contributed by atoms with Crippen LogP contribution in [0.25, 0.3) is 0 Å². The van der Waals surface area contributed by atoms with Gasteiger partial charge in [0.25, 0.3) is 0 Å². The summed E-state index contributed by atoms with van der Waals surface area (Å²) in [6.07, 6.45) is 1.66. The lowest BCUT2D eigenvalue weighted by Gasteiger charge is -2.34. The molecule has 0 aromatic carbocycles. The van der Waals surface area contributed by atoms with Crippen LogP contribution in [0.5, 0.6) is 0 Å². The molecule has 0 radical (unpaired) electrons. The number of nitrogens with one attached hydrogen (secondary N) is 1. The molecule has 0 aromatic rings. The first-order valence-corrected chi connectivity index (χ1v) is 5.80. The van der Waals surface area contributed by atoms with Crippen LogP contribution in [0.15, 0.2) is 0 Å². The average molecular weight is 230 g/mol. The summed E-state index contributed by atoms with van der Waals surface area (Å²) in [6, 6.07) is 0.118. The summed E-state index contributed by atoms with van der Waals surface area (Å²) < 4.78 is 0. The molecule has 0 aliphatic carbocycles. The van der Waals surface area contributed by atoms with E-state index in [0.29, 0.717) is 0 Å². The molecule has 94 valence electrons. The van der Waals surface area contributed by atoms with Gasteiger partial charge >= 0.3 is 0 Å². The molecule has 5 heteroatoms. The number of rotatable bonds is 5. The molecule has 1 rings (SSSR count). The van der Waals surface area contributed by atoms with Gasteiger partial charge in [0.05, 0.1) is 25.3 Å². The highest BCUT2D eigenvalue weighted by atomic mass is 16.3. The molecule has 0 atom stereocenters. The quantitative estimate of drug-likeness (QED) is 0.586. The predicted molar refractivity (Wildman–Crippen MR) is 61.0 cm³/mol. The minimum Gasteiger partial charge on any atom is -0.394 e. The van der Waals surface area contributed by atoms with Crippen LogP contribution in [0.2, 0.25) is 0 Å². The van der Waals surface area contributed by atoms with E-state index in [-0.39, 0.29) is 31.7 Å². The lowest BCUT2D eigenvalue weighted by molar-refractivity contribution is -0.124. The Balaban J connectivity index is 2.55. The molecule has 5 nitrogen and oxygen atoms in total. The van der Waals surface area contributed by atoms with Gasteiger partial charge in [-0.25, -0.2) is 0 Å². The van der Waals surface area contributed by atoms with Crippen LogP contribution in [-0.4, -0.2) is 58.9 Å². The van der Waals surface area contributed by atoms with Crippen molar-refractivity contribution in [1.29, 1.82) is 0 Å². The van der Waals surface area contributed by atoms with Gasteiger partial charge in [0.1, 0.15) is 0 Å². The van der Waals surface area contributed by atoms with E-state index in [1.165, 1.54) is 0 Å². The summed E-state index contributed by atoms with van der Waals surface area (Å²) in [4.78, 5) is 13.5. The van der Waals surface area contributed by atoms with E-state index in [2.05, 4.69) is 5.32 Å². The number of amides is 1. The molecule has 1 aliphatic heterocycles. The third-order valence-corrected chi connectivity index (χ3v) is 3.11. The van der Waals surface area contributed by atoms with Crippen molar-refractivity contribution in [1.82, 2.24) is 10.2 Å². The molecule has 0 unspecified atom stereocenters. The van der Waals surface area contributed by atoms with Crippen molar-refractivity contribution in [2.75, 3.05) is 26.3 Å². The van der Waals surface area contributed by atoms with E-state index < -0.39 is 5.54 Å². The Morgan fingerprint density at radius 1 is 1.44 bits per heavy atom. The Bertz CT molecular complexity index is 239. The largest absolute Gasteiger partial charge is 0.394 e. The smallest absolute Gasteiger partial charge is 0.234 e. The second kappa shape index (κ2) is 5.61. The van der Waals surface area contributed by atoms with Gasteiger partial charge in [-0.1, -0.05) is 0 Å². The topological polar surface area (TPSA) is 72.8 Å². The lowest BCUT2D eigenvalue weighted by atomic mass is 9.98. The Hall–Kier alpha value is -0.650. The highest BCUT2D eigenvalue weighted by Gasteiger charge is 2.40. The fourth-order valence-corrected chi connectivity index (χ4v) is 2.19. The SMILES string of the molecule is CC(C)NC(=O)CN1CCCC1(CO)CO. The highest BCUT2D eigenvalue weighted by molar-refractivity contribution is 5.78. The van der Waals surface area contributed by atoms with Crippen molar-refractivity contribution in [3.8, 4) is 0 Å². The fourth-order valence-electron chi connectivity index (χ4n) is 2.19. The molecule has 3 N–H and O–H groups in total. The van der Waals surface area contributed by atoms with Crippen molar-refractivity contribution in [3.05, 3.63) is 0 Å². The van der Waals surface area contributed by atoms with Crippen LogP contribution in [0.3, 0.4) is 0 Å². The zero-order valence-corrected chi connectivity index (χ0v) is 10.1. The zero-order chi connectivity index (χ0) is 12.2. The normalized spacial score (nSPS) is 20.3. The van der Waals surface area contributed by atoms with Gasteiger partial charge in [-0.2, -0.15) is 0 Å². The van der Waals surface area contributed by atoms with Gasteiger partial charge in [-0.15, -0.1) is 0 Å². The molecule has 1 fully saturated rings. The van der Waals surface area contributed by atoms with Gasteiger partial charge in [-0.05, 0) is 33.2 Å². The third kappa shape index (κ3) is 2.93. The van der Waals surface area contributed by atoms with Gasteiger partial charge in [-0.3, -0.25) is 9.69 Å². The number of hydrogen-bond acceptors (Lipinski definition) is 4. The molecular formula is C11H22N2O3. The summed E-state index contributed by atoms with van der Waals surface area (Å²) in [7, 11) is 0. The van der Waals surface area contributed by atoms with Crippen molar-refractivity contribution in [3.63, 3.8) is 0 Å². The lowest BCUT2D eigenvalue weighted by Crippen LogP contribution is -2.53. The van der Waals surface area contributed by atoms with Crippen LogP contribution in [-0.2, 0) is 4.79 Å². The molecule has 1 heterocycles. The van der Waals surface area contributed by atoms with E-state index in [1.54, 1.807) is 0 Å². The van der Waals surface area contributed by atoms with E-state index in [1.807, 2.05) is 18.7 Å². The molecule has 1 saturated heterocycles. The second-order valence-electron chi connectivity index (χ2n) is 4.79. The Morgan fingerprint density at radius 2 is 2.06 bits per heavy atom. The number of hydrogen-bond donors (Lipinski definition) is 3. The fraction of sp³-hybridized carbons (Fsp3) is 0.909. The number of carbonyl (C=O) groups is 1. The Kier molecular flexibility index (Phi) is 4.70. The number of aliphatic hydroxyl groups excluding tert-OH is 2. The zero-order valence-electron chi connectivity index (χ0n) is 10.1. The standard InChI is InChI=1S/C11H22N2O3/c1-9(2)12-10(16)6-13-5-3-4-11(13,7-14)8-15/h9,14-15H,3-8H2,1-2H3,(H,12,16). The van der Waals surface area contributed by atoms with Gasteiger partial charge in [0.15, 0.2) is 0 Å². The van der Waals surface area contributed by atoms with Gasteiger partial charge < -0.3 is 15.5 Å². The first-order valence-electron chi connectivity index (χ1n) is 5.80. The molecule has 0 saturated carbocycles. The number of likely N-dealkylation sites (tertiary alicyclic amines) is 1. The Morgan fingerprint density at radius 3 is 2.56 bits per heavy atom. The highest BCUT2D eigenvalue weighted by Crippen LogP contribution is 2.27. The number of carbonyl (C=O) groups excluding carboxylic acids is 1. The molecule has 0 spiro atoms. The van der Waals surface area contributed by atoms with Crippen LogP contribution in [0.4, 0.5) is 0 Å². The van der Waals surface area contributed by atoms with Crippen molar-refractivity contribution in [2.45, 2.75) is 38.3 Å². The predicted octanol–water partition coefficient (Wildman–Crippen LogP) is -0.670. The van der Waals surface area contributed by atoms with Crippen molar-refractivity contribution >= 4 is 5.91 Å². The molecular weight excluding hydrogens is 208 g/mol. The maximum atomic E-state index is 11.6. The molecule has 1 aliphatic rings. The minimum atomic E-state index is -0.603. The van der Waals surface area contributed by atoms with Crippen molar-refractivity contribution in [2.24, 2.45) is 0 Å². The van der Waals surface area contributed by atoms with E-state index in [4.69, 9.17) is 0 Å². The summed E-state index contributed by atoms with van der Waals surface area (Å²) in [5.74, 6) is -0.0526. The first-order chi connectivity index (χ1) is 7.54. The van der Waals surface area contributed by atoms with Crippen LogP contribution < -0.4 is 5.32 Å². The van der Waals surface area contributed by atoms with Gasteiger partial charge in [0, 0.05) is 6.04 Å². The van der Waals surface area contributed by atoms with E-state index in [0.717, 1.165) is 19.4 Å². The summed E-state index contributed by atoms with van der Waals surface area (Å²) in [5.41, 5.74) is -0.603.